The third-order valence-electron chi connectivity index (χ3n) is 3.53. The number of aliphatic hydroxyl groups is 1. The third-order valence-corrected chi connectivity index (χ3v) is 6.81. The van der Waals surface area contributed by atoms with E-state index in [4.69, 9.17) is 5.11 Å². The van der Waals surface area contributed by atoms with Gasteiger partial charge in [-0.25, -0.2) is 0 Å². The summed E-state index contributed by atoms with van der Waals surface area (Å²) < 4.78 is 38.9. The molecule has 2 fully saturated rings. The van der Waals surface area contributed by atoms with E-state index in [2.05, 4.69) is 0 Å². The van der Waals surface area contributed by atoms with E-state index in [9.17, 15) is 12.6 Å². The molecule has 2 saturated heterocycles. The van der Waals surface area contributed by atoms with E-state index in [1.807, 2.05) is 0 Å². The predicted octanol–water partition coefficient (Wildman–Crippen LogP) is -1.00. The fourth-order valence-corrected chi connectivity index (χ4v) is 5.41. The summed E-state index contributed by atoms with van der Waals surface area (Å²) in [5, 5.41) is 9.14. The van der Waals surface area contributed by atoms with Gasteiger partial charge in [0.1, 0.15) is 0 Å². The number of hydrogen-bond donors (Lipinski definition) is 1. The summed E-state index contributed by atoms with van der Waals surface area (Å²) in [6.07, 6.45) is 1.68. The maximum absolute atomic E-state index is 12.4. The minimum absolute atomic E-state index is 0.0377. The van der Waals surface area contributed by atoms with Gasteiger partial charge in [0.15, 0.2) is 0 Å². The van der Waals surface area contributed by atoms with E-state index in [1.54, 1.807) is 0 Å². The molecule has 1 atom stereocenters. The fraction of sp³-hybridized carbons (Fsp3) is 1.00. The van der Waals surface area contributed by atoms with Crippen LogP contribution in [0.5, 0.6) is 0 Å². The molecule has 2 rings (SSSR count). The van der Waals surface area contributed by atoms with Crippen molar-refractivity contribution >= 4 is 21.0 Å². The number of aliphatic hydroxyl groups excluding tert-OH is 1. The van der Waals surface area contributed by atoms with Gasteiger partial charge in [-0.05, 0) is 18.8 Å². The van der Waals surface area contributed by atoms with Crippen molar-refractivity contribution in [1.29, 1.82) is 0 Å². The normalized spacial score (nSPS) is 29.5. The van der Waals surface area contributed by atoms with Crippen LogP contribution in [-0.2, 0) is 21.0 Å². The summed E-state index contributed by atoms with van der Waals surface area (Å²) in [6, 6.07) is 0. The van der Waals surface area contributed by atoms with Crippen molar-refractivity contribution in [2.45, 2.75) is 12.8 Å². The molecule has 0 spiro atoms. The zero-order valence-electron chi connectivity index (χ0n) is 10.3. The van der Waals surface area contributed by atoms with Gasteiger partial charge >= 0.3 is 0 Å². The first-order valence-electron chi connectivity index (χ1n) is 6.25. The molecule has 0 bridgehead atoms. The highest BCUT2D eigenvalue weighted by atomic mass is 32.2. The Kier molecular flexibility index (Phi) is 4.76. The lowest BCUT2D eigenvalue weighted by Crippen LogP contribution is -2.51. The minimum Gasteiger partial charge on any atom is -0.396 e. The summed E-state index contributed by atoms with van der Waals surface area (Å²) >= 11 is 0. The lowest BCUT2D eigenvalue weighted by Gasteiger charge is -2.36. The molecule has 0 aromatic rings. The van der Waals surface area contributed by atoms with Gasteiger partial charge < -0.3 is 5.11 Å². The molecule has 1 N–H and O–H groups in total. The first kappa shape index (κ1) is 14.4. The molecule has 0 radical (unpaired) electrons. The van der Waals surface area contributed by atoms with E-state index < -0.39 is 21.0 Å². The quantitative estimate of drug-likeness (QED) is 0.724. The van der Waals surface area contributed by atoms with Crippen molar-refractivity contribution in [3.8, 4) is 0 Å². The molecule has 0 saturated carbocycles. The van der Waals surface area contributed by atoms with Crippen molar-refractivity contribution in [1.82, 2.24) is 8.61 Å². The van der Waals surface area contributed by atoms with Crippen LogP contribution < -0.4 is 0 Å². The van der Waals surface area contributed by atoms with E-state index in [1.165, 1.54) is 8.61 Å². The number of rotatable bonds is 3. The average Bonchev–Trinajstić information content (AvgIpc) is 2.39. The van der Waals surface area contributed by atoms with Crippen LogP contribution in [0.4, 0.5) is 0 Å². The molecular formula is C10H20N2O4S2. The largest absolute Gasteiger partial charge is 0.396 e. The Morgan fingerprint density at radius 1 is 1.17 bits per heavy atom. The lowest BCUT2D eigenvalue weighted by atomic mass is 10.0. The lowest BCUT2D eigenvalue weighted by molar-refractivity contribution is 0.161. The maximum Gasteiger partial charge on any atom is 0.282 e. The van der Waals surface area contributed by atoms with Crippen LogP contribution in [0.2, 0.25) is 0 Å². The maximum atomic E-state index is 12.4. The molecule has 0 aromatic heterocycles. The Bertz CT molecular complexity index is 402. The van der Waals surface area contributed by atoms with Gasteiger partial charge in [0.2, 0.25) is 0 Å². The molecule has 1 unspecified atom stereocenters. The Morgan fingerprint density at radius 2 is 1.83 bits per heavy atom. The van der Waals surface area contributed by atoms with Gasteiger partial charge in [-0.2, -0.15) is 17.0 Å². The summed E-state index contributed by atoms with van der Waals surface area (Å²) in [4.78, 5) is 0. The first-order chi connectivity index (χ1) is 8.54. The Hall–Kier alpha value is -0.0200. The second kappa shape index (κ2) is 5.96. The van der Waals surface area contributed by atoms with Crippen LogP contribution in [0.25, 0.3) is 0 Å². The van der Waals surface area contributed by atoms with E-state index >= 15 is 0 Å². The van der Waals surface area contributed by atoms with Crippen LogP contribution in [0.15, 0.2) is 0 Å². The Labute approximate surface area is 111 Å². The topological polar surface area (TPSA) is 77.9 Å². The summed E-state index contributed by atoms with van der Waals surface area (Å²) in [6.45, 7) is 1.65. The van der Waals surface area contributed by atoms with Gasteiger partial charge in [-0.15, -0.1) is 0 Å². The zero-order valence-corrected chi connectivity index (χ0v) is 12.0. The number of piperidine rings is 1. The highest BCUT2D eigenvalue weighted by Gasteiger charge is 2.34. The third kappa shape index (κ3) is 3.11. The van der Waals surface area contributed by atoms with Gasteiger partial charge in [0.25, 0.3) is 10.2 Å². The van der Waals surface area contributed by atoms with Crippen molar-refractivity contribution in [3.05, 3.63) is 0 Å². The second-order valence-electron chi connectivity index (χ2n) is 4.80. The van der Waals surface area contributed by atoms with E-state index in [-0.39, 0.29) is 12.5 Å². The summed E-state index contributed by atoms with van der Waals surface area (Å²) in [5.41, 5.74) is 0. The molecule has 2 aliphatic rings. The first-order valence-corrected chi connectivity index (χ1v) is 9.13. The van der Waals surface area contributed by atoms with Crippen molar-refractivity contribution in [3.63, 3.8) is 0 Å². The second-order valence-corrected chi connectivity index (χ2v) is 8.43. The summed E-state index contributed by atoms with van der Waals surface area (Å²) in [7, 11) is -4.30. The Morgan fingerprint density at radius 3 is 2.44 bits per heavy atom. The molecule has 8 heteroatoms. The van der Waals surface area contributed by atoms with E-state index in [0.29, 0.717) is 37.7 Å². The number of hydrogen-bond acceptors (Lipinski definition) is 4. The highest BCUT2D eigenvalue weighted by molar-refractivity contribution is 7.87. The van der Waals surface area contributed by atoms with Crippen LogP contribution in [-0.4, -0.2) is 70.6 Å². The summed E-state index contributed by atoms with van der Waals surface area (Å²) in [5.74, 6) is 0.903. The van der Waals surface area contributed by atoms with Crippen molar-refractivity contribution < 1.29 is 17.7 Å². The monoisotopic (exact) mass is 296 g/mol. The van der Waals surface area contributed by atoms with E-state index in [0.717, 1.165) is 12.8 Å². The van der Waals surface area contributed by atoms with Crippen molar-refractivity contribution in [2.24, 2.45) is 5.92 Å². The van der Waals surface area contributed by atoms with Crippen LogP contribution in [0.1, 0.15) is 12.8 Å². The molecule has 0 aromatic carbocycles. The fourth-order valence-electron chi connectivity index (χ4n) is 2.40. The molecule has 0 aliphatic carbocycles. The molecule has 0 amide bonds. The molecular weight excluding hydrogens is 276 g/mol. The average molecular weight is 296 g/mol. The zero-order chi connectivity index (χ0) is 13.2. The number of nitrogens with zero attached hydrogens (tertiary/aromatic N) is 2. The SMILES string of the molecule is O=S1CCN(S(=O)(=O)N2CCCC(CO)C2)CC1. The predicted molar refractivity (Wildman–Crippen MR) is 69.8 cm³/mol. The van der Waals surface area contributed by atoms with Crippen molar-refractivity contribution in [2.75, 3.05) is 44.3 Å². The van der Waals surface area contributed by atoms with Gasteiger partial charge in [-0.3, -0.25) is 4.21 Å². The van der Waals surface area contributed by atoms with Crippen LogP contribution >= 0.6 is 0 Å². The molecule has 106 valence electrons. The van der Waals surface area contributed by atoms with Gasteiger partial charge in [0.05, 0.1) is 0 Å². The molecule has 2 aliphatic heterocycles. The smallest absolute Gasteiger partial charge is 0.282 e. The van der Waals surface area contributed by atoms with Crippen LogP contribution in [0.3, 0.4) is 0 Å². The molecule has 18 heavy (non-hydrogen) atoms. The Balaban J connectivity index is 2.03. The molecule has 2 heterocycles. The minimum atomic E-state index is -3.43. The van der Waals surface area contributed by atoms with Gasteiger partial charge in [-0.1, -0.05) is 0 Å². The molecule has 6 nitrogen and oxygen atoms in total. The highest BCUT2D eigenvalue weighted by Crippen LogP contribution is 2.21. The van der Waals surface area contributed by atoms with Gasteiger partial charge in [0, 0.05) is 55.1 Å². The van der Waals surface area contributed by atoms with Crippen LogP contribution in [0, 0.1) is 5.92 Å². The standard InChI is InChI=1S/C10H20N2O4S2/c13-9-10-2-1-3-12(8-10)18(15,16)11-4-6-17(14)7-5-11/h10,13H,1-9H2.